The van der Waals surface area contributed by atoms with E-state index in [2.05, 4.69) is 9.97 Å². The average Bonchev–Trinajstić information content (AvgIpc) is 2.61. The number of carbonyl (C=O) groups is 1. The van der Waals surface area contributed by atoms with E-state index >= 15 is 0 Å². The summed E-state index contributed by atoms with van der Waals surface area (Å²) in [6.45, 7) is -0.204. The summed E-state index contributed by atoms with van der Waals surface area (Å²) in [6, 6.07) is 9.70. The molecule has 7 nitrogen and oxygen atoms in total. The topological polar surface area (TPSA) is 107 Å². The van der Waals surface area contributed by atoms with Crippen LogP contribution in [0.4, 0.5) is 5.69 Å². The fraction of sp³-hybridized carbons (Fsp3) is 0.118. The monoisotopic (exact) mass is 359 g/mol. The van der Waals surface area contributed by atoms with Gasteiger partial charge in [-0.05, 0) is 18.2 Å². The number of H-pyrrole nitrogens is 1. The van der Waals surface area contributed by atoms with Crippen molar-refractivity contribution in [1.29, 1.82) is 0 Å². The molecular formula is C17H14ClN3O4. The predicted octanol–water partition coefficient (Wildman–Crippen LogP) is 2.52. The van der Waals surface area contributed by atoms with Crippen molar-refractivity contribution in [2.24, 2.45) is 0 Å². The molecule has 0 aliphatic heterocycles. The maximum Gasteiger partial charge on any atom is 0.342 e. The third-order valence-corrected chi connectivity index (χ3v) is 3.87. The van der Waals surface area contributed by atoms with Gasteiger partial charge in [-0.3, -0.25) is 4.79 Å². The van der Waals surface area contributed by atoms with Crippen molar-refractivity contribution in [3.05, 3.63) is 63.2 Å². The number of methoxy groups -OCH3 is 1. The lowest BCUT2D eigenvalue weighted by molar-refractivity contribution is 0.0458. The molecule has 0 saturated heterocycles. The van der Waals surface area contributed by atoms with Crippen molar-refractivity contribution < 1.29 is 14.3 Å². The Balaban J connectivity index is 1.83. The van der Waals surface area contributed by atoms with Crippen molar-refractivity contribution in [2.45, 2.75) is 6.61 Å². The molecule has 0 radical (unpaired) electrons. The lowest BCUT2D eigenvalue weighted by Gasteiger charge is -2.10. The van der Waals surface area contributed by atoms with Crippen LogP contribution in [0.1, 0.15) is 16.2 Å². The van der Waals surface area contributed by atoms with E-state index in [0.29, 0.717) is 10.9 Å². The molecule has 1 aromatic heterocycles. The molecule has 0 amide bonds. The van der Waals surface area contributed by atoms with Crippen LogP contribution in [-0.4, -0.2) is 23.0 Å². The second-order valence-electron chi connectivity index (χ2n) is 5.18. The molecule has 25 heavy (non-hydrogen) atoms. The number of halogens is 1. The molecular weight excluding hydrogens is 346 g/mol. The molecule has 8 heteroatoms. The molecule has 0 bridgehead atoms. The highest BCUT2D eigenvalue weighted by molar-refractivity contribution is 6.33. The average molecular weight is 360 g/mol. The zero-order chi connectivity index (χ0) is 18.0. The van der Waals surface area contributed by atoms with Gasteiger partial charge < -0.3 is 20.2 Å². The van der Waals surface area contributed by atoms with Crippen LogP contribution in [0.2, 0.25) is 5.02 Å². The molecule has 1 heterocycles. The molecule has 128 valence electrons. The Hall–Kier alpha value is -3.06. The van der Waals surface area contributed by atoms with Gasteiger partial charge in [-0.2, -0.15) is 0 Å². The van der Waals surface area contributed by atoms with Crippen molar-refractivity contribution in [1.82, 2.24) is 9.97 Å². The highest BCUT2D eigenvalue weighted by atomic mass is 35.5. The molecule has 3 N–H and O–H groups in total. The van der Waals surface area contributed by atoms with E-state index in [-0.39, 0.29) is 40.0 Å². The van der Waals surface area contributed by atoms with E-state index in [0.717, 1.165) is 0 Å². The molecule has 2 aromatic carbocycles. The molecule has 0 spiro atoms. The smallest absolute Gasteiger partial charge is 0.342 e. The van der Waals surface area contributed by atoms with E-state index in [9.17, 15) is 9.59 Å². The van der Waals surface area contributed by atoms with Crippen LogP contribution in [0.15, 0.2) is 41.2 Å². The number of rotatable bonds is 4. The third-order valence-electron chi connectivity index (χ3n) is 3.54. The number of aromatic amines is 1. The highest BCUT2D eigenvalue weighted by Gasteiger charge is 2.17. The van der Waals surface area contributed by atoms with Crippen LogP contribution < -0.4 is 16.0 Å². The van der Waals surface area contributed by atoms with Gasteiger partial charge in [0.15, 0.2) is 0 Å². The maximum atomic E-state index is 12.3. The lowest BCUT2D eigenvalue weighted by Crippen LogP contribution is -2.15. The number of carbonyl (C=O) groups excluding carboxylic acids is 1. The third kappa shape index (κ3) is 3.41. The van der Waals surface area contributed by atoms with Crippen LogP contribution in [0.5, 0.6) is 5.75 Å². The van der Waals surface area contributed by atoms with Crippen LogP contribution in [0, 0.1) is 0 Å². The lowest BCUT2D eigenvalue weighted by atomic mass is 10.2. The van der Waals surface area contributed by atoms with Gasteiger partial charge in [0.1, 0.15) is 23.7 Å². The van der Waals surface area contributed by atoms with Crippen molar-refractivity contribution in [3.63, 3.8) is 0 Å². The fourth-order valence-corrected chi connectivity index (χ4v) is 2.48. The molecule has 0 atom stereocenters. The van der Waals surface area contributed by atoms with Crippen LogP contribution >= 0.6 is 11.6 Å². The first-order valence-corrected chi connectivity index (χ1v) is 7.65. The van der Waals surface area contributed by atoms with Crippen molar-refractivity contribution in [2.75, 3.05) is 12.8 Å². The number of para-hydroxylation sites is 1. The van der Waals surface area contributed by atoms with E-state index in [1.165, 1.54) is 19.2 Å². The standard InChI is InChI=1S/C17H14ClN3O4/c1-24-14-7-12(19)11(18)6-10(14)17(23)25-8-15-20-13-5-3-2-4-9(13)16(22)21-15/h2-7H,8,19H2,1H3,(H,20,21,22). The highest BCUT2D eigenvalue weighted by Crippen LogP contribution is 2.29. The van der Waals surface area contributed by atoms with Crippen molar-refractivity contribution in [3.8, 4) is 5.75 Å². The summed E-state index contributed by atoms with van der Waals surface area (Å²) in [5.41, 5.74) is 6.32. The summed E-state index contributed by atoms with van der Waals surface area (Å²) in [4.78, 5) is 31.1. The number of nitrogens with two attached hydrogens (primary N) is 1. The number of nitrogen functional groups attached to an aromatic ring is 1. The Morgan fingerprint density at radius 3 is 2.84 bits per heavy atom. The predicted molar refractivity (Wildman–Crippen MR) is 93.9 cm³/mol. The fourth-order valence-electron chi connectivity index (χ4n) is 2.31. The number of esters is 1. The summed E-state index contributed by atoms with van der Waals surface area (Å²) in [5.74, 6) is -0.195. The first kappa shape index (κ1) is 16.8. The van der Waals surface area contributed by atoms with Gasteiger partial charge in [0.25, 0.3) is 5.56 Å². The van der Waals surface area contributed by atoms with Crippen LogP contribution in [0.25, 0.3) is 10.9 Å². The Morgan fingerprint density at radius 1 is 1.32 bits per heavy atom. The van der Waals surface area contributed by atoms with Gasteiger partial charge in [0.05, 0.1) is 28.7 Å². The first-order valence-electron chi connectivity index (χ1n) is 7.27. The maximum absolute atomic E-state index is 12.3. The minimum atomic E-state index is -0.672. The second-order valence-corrected chi connectivity index (χ2v) is 5.59. The van der Waals surface area contributed by atoms with E-state index in [1.54, 1.807) is 24.3 Å². The molecule has 0 unspecified atom stereocenters. The Morgan fingerprint density at radius 2 is 2.08 bits per heavy atom. The minimum absolute atomic E-state index is 0.129. The van der Waals surface area contributed by atoms with Crippen LogP contribution in [0.3, 0.4) is 0 Å². The number of hydrogen-bond acceptors (Lipinski definition) is 6. The van der Waals surface area contributed by atoms with E-state index in [4.69, 9.17) is 26.8 Å². The van der Waals surface area contributed by atoms with E-state index in [1.807, 2.05) is 0 Å². The molecule has 0 aliphatic rings. The Labute approximate surface area is 147 Å². The minimum Gasteiger partial charge on any atom is -0.496 e. The summed E-state index contributed by atoms with van der Waals surface area (Å²) >= 11 is 5.94. The quantitative estimate of drug-likeness (QED) is 0.547. The second kappa shape index (κ2) is 6.82. The van der Waals surface area contributed by atoms with Gasteiger partial charge in [-0.25, -0.2) is 9.78 Å². The zero-order valence-corrected chi connectivity index (χ0v) is 14.0. The van der Waals surface area contributed by atoms with Crippen LogP contribution in [-0.2, 0) is 11.3 Å². The Kier molecular flexibility index (Phi) is 4.58. The number of aromatic nitrogens is 2. The number of benzene rings is 2. The number of nitrogens with one attached hydrogen (secondary N) is 1. The normalized spacial score (nSPS) is 10.6. The van der Waals surface area contributed by atoms with Crippen molar-refractivity contribution >= 4 is 34.2 Å². The van der Waals surface area contributed by atoms with Gasteiger partial charge in [-0.1, -0.05) is 23.7 Å². The Bertz CT molecular complexity index is 1020. The number of nitrogens with zero attached hydrogens (tertiary/aromatic N) is 1. The number of anilines is 1. The summed E-state index contributed by atoms with van der Waals surface area (Å²) in [6.07, 6.45) is 0. The van der Waals surface area contributed by atoms with Gasteiger partial charge in [0, 0.05) is 6.07 Å². The first-order chi connectivity index (χ1) is 12.0. The summed E-state index contributed by atoms with van der Waals surface area (Å²) in [5, 5.41) is 0.676. The summed E-state index contributed by atoms with van der Waals surface area (Å²) < 4.78 is 10.3. The molecule has 0 fully saturated rings. The number of fused-ring (bicyclic) bond motifs is 1. The molecule has 3 aromatic rings. The molecule has 3 rings (SSSR count). The molecule has 0 aliphatic carbocycles. The van der Waals surface area contributed by atoms with E-state index < -0.39 is 5.97 Å². The van der Waals surface area contributed by atoms with Gasteiger partial charge in [-0.15, -0.1) is 0 Å². The molecule has 0 saturated carbocycles. The largest absolute Gasteiger partial charge is 0.496 e. The van der Waals surface area contributed by atoms with Gasteiger partial charge in [0.2, 0.25) is 0 Å². The summed E-state index contributed by atoms with van der Waals surface area (Å²) in [7, 11) is 1.40. The van der Waals surface area contributed by atoms with Gasteiger partial charge >= 0.3 is 5.97 Å². The SMILES string of the molecule is COc1cc(N)c(Cl)cc1C(=O)OCc1nc2ccccc2c(=O)[nH]1. The zero-order valence-electron chi connectivity index (χ0n) is 13.2. The number of hydrogen-bond donors (Lipinski definition) is 2. The number of ether oxygens (including phenoxy) is 2.